The Morgan fingerprint density at radius 2 is 2.05 bits per heavy atom. The predicted octanol–water partition coefficient (Wildman–Crippen LogP) is 1.09. The maximum atomic E-state index is 12.7. The van der Waals surface area contributed by atoms with Crippen molar-refractivity contribution in [1.82, 2.24) is 14.2 Å². The lowest BCUT2D eigenvalue weighted by Crippen LogP contribution is -2.34. The van der Waals surface area contributed by atoms with E-state index in [0.717, 1.165) is 13.0 Å². The predicted molar refractivity (Wildman–Crippen MR) is 87.4 cm³/mol. The molecule has 0 amide bonds. The standard InChI is InChI=1S/C12H22BrN5O2S/c1-4-18(7-5-6-17(2)3)21(19,20)11-8-10(13)9-15-12(11)16-14/h8-9H,4-7,14H2,1-3H3,(H,15,16). The first kappa shape index (κ1) is 18.3. The van der Waals surface area contributed by atoms with E-state index in [1.807, 2.05) is 25.9 Å². The molecular weight excluding hydrogens is 358 g/mol. The topological polar surface area (TPSA) is 91.6 Å². The van der Waals surface area contributed by atoms with Crippen molar-refractivity contribution in [2.45, 2.75) is 18.2 Å². The van der Waals surface area contributed by atoms with E-state index in [1.54, 1.807) is 0 Å². The van der Waals surface area contributed by atoms with Crippen LogP contribution in [0.1, 0.15) is 13.3 Å². The zero-order chi connectivity index (χ0) is 16.0. The largest absolute Gasteiger partial charge is 0.309 e. The number of halogens is 1. The summed E-state index contributed by atoms with van der Waals surface area (Å²) in [7, 11) is 0.281. The van der Waals surface area contributed by atoms with Gasteiger partial charge < -0.3 is 10.3 Å². The fraction of sp³-hybridized carbons (Fsp3) is 0.583. The molecule has 0 radical (unpaired) electrons. The van der Waals surface area contributed by atoms with Gasteiger partial charge in [0.15, 0.2) is 5.82 Å². The maximum Gasteiger partial charge on any atom is 0.246 e. The van der Waals surface area contributed by atoms with E-state index in [1.165, 1.54) is 16.6 Å². The molecule has 9 heteroatoms. The summed E-state index contributed by atoms with van der Waals surface area (Å²) < 4.78 is 27.5. The summed E-state index contributed by atoms with van der Waals surface area (Å²) in [4.78, 5) is 6.09. The van der Waals surface area contributed by atoms with E-state index in [9.17, 15) is 8.42 Å². The third kappa shape index (κ3) is 4.89. The van der Waals surface area contributed by atoms with Gasteiger partial charge in [-0.1, -0.05) is 6.92 Å². The quantitative estimate of drug-likeness (QED) is 0.518. The second-order valence-corrected chi connectivity index (χ2v) is 7.62. The van der Waals surface area contributed by atoms with Gasteiger partial charge >= 0.3 is 0 Å². The summed E-state index contributed by atoms with van der Waals surface area (Å²) in [6.07, 6.45) is 2.25. The minimum Gasteiger partial charge on any atom is -0.309 e. The first-order chi connectivity index (χ1) is 9.82. The number of aromatic nitrogens is 1. The number of pyridine rings is 1. The molecule has 1 aromatic heterocycles. The molecule has 3 N–H and O–H groups in total. The Hall–Kier alpha value is -0.740. The minimum absolute atomic E-state index is 0.0751. The molecule has 0 aliphatic rings. The number of nitrogens with zero attached hydrogens (tertiary/aromatic N) is 3. The monoisotopic (exact) mass is 379 g/mol. The van der Waals surface area contributed by atoms with Crippen molar-refractivity contribution in [3.63, 3.8) is 0 Å². The highest BCUT2D eigenvalue weighted by atomic mass is 79.9. The molecule has 0 saturated carbocycles. The van der Waals surface area contributed by atoms with E-state index in [4.69, 9.17) is 5.84 Å². The summed E-state index contributed by atoms with van der Waals surface area (Å²) in [5.74, 6) is 5.50. The Labute approximate surface area is 134 Å². The van der Waals surface area contributed by atoms with Crippen LogP contribution in [-0.2, 0) is 10.0 Å². The van der Waals surface area contributed by atoms with Crippen LogP contribution < -0.4 is 11.3 Å². The summed E-state index contributed by atoms with van der Waals surface area (Å²) in [6.45, 7) is 3.48. The van der Waals surface area contributed by atoms with Gasteiger partial charge in [0, 0.05) is 23.8 Å². The lowest BCUT2D eigenvalue weighted by atomic mass is 10.4. The number of sulfonamides is 1. The normalized spacial score (nSPS) is 12.1. The molecule has 21 heavy (non-hydrogen) atoms. The number of nitrogens with one attached hydrogen (secondary N) is 1. The zero-order valence-electron chi connectivity index (χ0n) is 12.5. The van der Waals surface area contributed by atoms with Crippen molar-refractivity contribution in [3.05, 3.63) is 16.7 Å². The van der Waals surface area contributed by atoms with Gasteiger partial charge in [-0.15, -0.1) is 0 Å². The van der Waals surface area contributed by atoms with Gasteiger partial charge in [0.25, 0.3) is 0 Å². The van der Waals surface area contributed by atoms with Crippen molar-refractivity contribution < 1.29 is 8.42 Å². The third-order valence-corrected chi connectivity index (χ3v) is 5.36. The second kappa shape index (κ2) is 8.04. The molecule has 0 fully saturated rings. The van der Waals surface area contributed by atoms with Crippen LogP contribution >= 0.6 is 15.9 Å². The number of rotatable bonds is 8. The zero-order valence-corrected chi connectivity index (χ0v) is 14.9. The van der Waals surface area contributed by atoms with Crippen molar-refractivity contribution in [1.29, 1.82) is 0 Å². The summed E-state index contributed by atoms with van der Waals surface area (Å²) in [6, 6.07) is 1.51. The molecule has 0 aliphatic heterocycles. The van der Waals surface area contributed by atoms with E-state index in [-0.39, 0.29) is 10.7 Å². The highest BCUT2D eigenvalue weighted by Gasteiger charge is 2.26. The lowest BCUT2D eigenvalue weighted by Gasteiger charge is -2.22. The van der Waals surface area contributed by atoms with Crippen molar-refractivity contribution in [2.24, 2.45) is 5.84 Å². The number of hydrazine groups is 1. The van der Waals surface area contributed by atoms with Crippen LogP contribution in [0.25, 0.3) is 0 Å². The van der Waals surface area contributed by atoms with Crippen LogP contribution in [0.2, 0.25) is 0 Å². The van der Waals surface area contributed by atoms with Gasteiger partial charge in [-0.2, -0.15) is 4.31 Å². The molecule has 120 valence electrons. The Balaban J connectivity index is 3.04. The van der Waals surface area contributed by atoms with Gasteiger partial charge in [-0.3, -0.25) is 0 Å². The second-order valence-electron chi connectivity index (χ2n) is 4.80. The molecule has 1 heterocycles. The molecule has 0 spiro atoms. The molecule has 0 unspecified atom stereocenters. The van der Waals surface area contributed by atoms with E-state index < -0.39 is 10.0 Å². The van der Waals surface area contributed by atoms with Gasteiger partial charge in [-0.05, 0) is 49.1 Å². The number of hydrogen-bond donors (Lipinski definition) is 2. The minimum atomic E-state index is -3.63. The van der Waals surface area contributed by atoms with Crippen LogP contribution in [-0.4, -0.2) is 56.3 Å². The average molecular weight is 380 g/mol. The summed E-state index contributed by atoms with van der Waals surface area (Å²) >= 11 is 3.24. The van der Waals surface area contributed by atoms with Crippen LogP contribution in [0.3, 0.4) is 0 Å². The number of nitrogen functional groups attached to an aromatic ring is 1. The number of hydrogen-bond acceptors (Lipinski definition) is 6. The third-order valence-electron chi connectivity index (χ3n) is 2.94. The van der Waals surface area contributed by atoms with E-state index >= 15 is 0 Å². The first-order valence-corrected chi connectivity index (χ1v) is 8.83. The Morgan fingerprint density at radius 1 is 1.38 bits per heavy atom. The molecule has 0 aliphatic carbocycles. The molecule has 0 aromatic carbocycles. The van der Waals surface area contributed by atoms with Crippen LogP contribution in [0.5, 0.6) is 0 Å². The number of anilines is 1. The van der Waals surface area contributed by atoms with Crippen molar-refractivity contribution in [2.75, 3.05) is 39.2 Å². The first-order valence-electron chi connectivity index (χ1n) is 6.60. The fourth-order valence-electron chi connectivity index (χ4n) is 1.88. The average Bonchev–Trinajstić information content (AvgIpc) is 2.43. The molecule has 7 nitrogen and oxygen atoms in total. The van der Waals surface area contributed by atoms with Gasteiger partial charge in [0.2, 0.25) is 10.0 Å². The highest BCUT2D eigenvalue weighted by Crippen LogP contribution is 2.25. The molecule has 0 atom stereocenters. The fourth-order valence-corrected chi connectivity index (χ4v) is 3.98. The van der Waals surface area contributed by atoms with Crippen LogP contribution in [0.4, 0.5) is 5.82 Å². The number of nitrogens with two attached hydrogens (primary N) is 1. The van der Waals surface area contributed by atoms with Crippen molar-refractivity contribution >= 4 is 31.8 Å². The Bertz CT molecular complexity index is 565. The Kier molecular flexibility index (Phi) is 7.01. The van der Waals surface area contributed by atoms with Crippen LogP contribution in [0, 0.1) is 0 Å². The maximum absolute atomic E-state index is 12.7. The molecular formula is C12H22BrN5O2S. The molecule has 1 rings (SSSR count). The van der Waals surface area contributed by atoms with E-state index in [2.05, 4.69) is 26.3 Å². The van der Waals surface area contributed by atoms with E-state index in [0.29, 0.717) is 17.6 Å². The van der Waals surface area contributed by atoms with Gasteiger partial charge in [0.05, 0.1) is 0 Å². The molecule has 1 aromatic rings. The van der Waals surface area contributed by atoms with Gasteiger partial charge in [0.1, 0.15) is 4.90 Å². The molecule has 0 bridgehead atoms. The lowest BCUT2D eigenvalue weighted by molar-refractivity contribution is 0.356. The smallest absolute Gasteiger partial charge is 0.246 e. The van der Waals surface area contributed by atoms with Gasteiger partial charge in [-0.25, -0.2) is 19.2 Å². The molecule has 0 saturated heterocycles. The SMILES string of the molecule is CCN(CCCN(C)C)S(=O)(=O)c1cc(Br)cnc1NN. The summed E-state index contributed by atoms with van der Waals surface area (Å²) in [5.41, 5.74) is 2.34. The Morgan fingerprint density at radius 3 is 2.57 bits per heavy atom. The van der Waals surface area contributed by atoms with Crippen LogP contribution in [0.15, 0.2) is 21.6 Å². The highest BCUT2D eigenvalue weighted by molar-refractivity contribution is 9.10. The van der Waals surface area contributed by atoms with Crippen molar-refractivity contribution in [3.8, 4) is 0 Å². The summed E-state index contributed by atoms with van der Waals surface area (Å²) in [5, 5.41) is 0.